The molecule has 5 atom stereocenters. The van der Waals surface area contributed by atoms with Gasteiger partial charge in [-0.3, -0.25) is 4.90 Å². The lowest BCUT2D eigenvalue weighted by Gasteiger charge is -2.58. The highest BCUT2D eigenvalue weighted by Gasteiger charge is 2.67. The van der Waals surface area contributed by atoms with E-state index in [4.69, 9.17) is 5.73 Å². The molecular formula is C10H18N2. The Morgan fingerprint density at radius 2 is 2.25 bits per heavy atom. The van der Waals surface area contributed by atoms with E-state index in [1.165, 1.54) is 19.3 Å². The van der Waals surface area contributed by atoms with Crippen LogP contribution in [0.3, 0.4) is 0 Å². The minimum absolute atomic E-state index is 0.498. The average Bonchev–Trinajstić information content (AvgIpc) is 2.59. The Hall–Kier alpha value is -0.0800. The molecule has 2 heteroatoms. The molecule has 2 unspecified atom stereocenters. The Labute approximate surface area is 74.1 Å². The van der Waals surface area contributed by atoms with Gasteiger partial charge in [-0.25, -0.2) is 0 Å². The van der Waals surface area contributed by atoms with Gasteiger partial charge < -0.3 is 5.73 Å². The first kappa shape index (κ1) is 7.34. The zero-order valence-corrected chi connectivity index (χ0v) is 7.96. The van der Waals surface area contributed by atoms with Gasteiger partial charge in [0.05, 0.1) is 0 Å². The number of nitrogens with zero attached hydrogens (tertiary/aromatic N) is 1. The first-order valence-corrected chi connectivity index (χ1v) is 5.14. The molecule has 1 aliphatic heterocycles. The summed E-state index contributed by atoms with van der Waals surface area (Å²) in [6.45, 7) is 2.32. The number of hydrogen-bond donors (Lipinski definition) is 1. The first-order valence-electron chi connectivity index (χ1n) is 5.14. The van der Waals surface area contributed by atoms with Gasteiger partial charge in [0.25, 0.3) is 0 Å². The maximum atomic E-state index is 6.21. The van der Waals surface area contributed by atoms with Gasteiger partial charge in [0.2, 0.25) is 0 Å². The highest BCUT2D eigenvalue weighted by Crippen LogP contribution is 2.63. The average molecular weight is 166 g/mol. The predicted octanol–water partition coefficient (Wildman–Crippen LogP) is 0.816. The van der Waals surface area contributed by atoms with Crippen molar-refractivity contribution < 1.29 is 0 Å². The van der Waals surface area contributed by atoms with Crippen LogP contribution in [0.4, 0.5) is 0 Å². The van der Waals surface area contributed by atoms with Gasteiger partial charge in [-0.2, -0.15) is 0 Å². The van der Waals surface area contributed by atoms with E-state index >= 15 is 0 Å². The van der Waals surface area contributed by atoms with Crippen LogP contribution in [0.15, 0.2) is 0 Å². The smallest absolute Gasteiger partial charge is 0.0208 e. The van der Waals surface area contributed by atoms with Gasteiger partial charge in [-0.15, -0.1) is 0 Å². The second-order valence-corrected chi connectivity index (χ2v) is 5.12. The van der Waals surface area contributed by atoms with Crippen molar-refractivity contribution in [3.05, 3.63) is 0 Å². The molecule has 2 N–H and O–H groups in total. The zero-order valence-electron chi connectivity index (χ0n) is 7.96. The number of nitrogens with two attached hydrogens (primary N) is 1. The molecule has 2 saturated carbocycles. The second-order valence-electron chi connectivity index (χ2n) is 5.12. The molecule has 1 heterocycles. The molecule has 2 bridgehead atoms. The molecule has 12 heavy (non-hydrogen) atoms. The quantitative estimate of drug-likeness (QED) is 0.577. The molecule has 68 valence electrons. The summed E-state index contributed by atoms with van der Waals surface area (Å²) >= 11 is 0. The summed E-state index contributed by atoms with van der Waals surface area (Å²) in [7, 11) is 2.29. The van der Waals surface area contributed by atoms with Gasteiger partial charge >= 0.3 is 0 Å². The molecule has 2 nitrogen and oxygen atoms in total. The second kappa shape index (κ2) is 1.88. The molecule has 3 rings (SSSR count). The van der Waals surface area contributed by atoms with Crippen molar-refractivity contribution in [2.24, 2.45) is 17.1 Å². The van der Waals surface area contributed by atoms with Crippen molar-refractivity contribution in [1.29, 1.82) is 0 Å². The summed E-state index contributed by atoms with van der Waals surface area (Å²) in [5.74, 6) is 0.736. The minimum atomic E-state index is 0.498. The monoisotopic (exact) mass is 166 g/mol. The molecule has 0 amide bonds. The van der Waals surface area contributed by atoms with Crippen LogP contribution in [0.5, 0.6) is 0 Å². The summed E-state index contributed by atoms with van der Waals surface area (Å²) in [6, 6.07) is 2.19. The fourth-order valence-corrected chi connectivity index (χ4v) is 4.32. The lowest BCUT2D eigenvalue weighted by Crippen LogP contribution is -2.69. The molecule has 3 fully saturated rings. The van der Waals surface area contributed by atoms with E-state index in [9.17, 15) is 0 Å². The highest BCUT2D eigenvalue weighted by molar-refractivity contribution is 5.22. The SMILES string of the molecule is C[C@@H]1C(N)C23CC[C@H](C2)N(C)[C@H]13. The Morgan fingerprint density at radius 3 is 2.92 bits per heavy atom. The van der Waals surface area contributed by atoms with E-state index in [1.54, 1.807) is 0 Å². The van der Waals surface area contributed by atoms with Crippen LogP contribution in [0.2, 0.25) is 0 Å². The van der Waals surface area contributed by atoms with Crippen molar-refractivity contribution in [3.63, 3.8) is 0 Å². The van der Waals surface area contributed by atoms with E-state index in [1.807, 2.05) is 0 Å². The summed E-state index contributed by atoms with van der Waals surface area (Å²) in [4.78, 5) is 2.59. The van der Waals surface area contributed by atoms with Gasteiger partial charge in [0.15, 0.2) is 0 Å². The van der Waals surface area contributed by atoms with Gasteiger partial charge in [0, 0.05) is 23.5 Å². The molecule has 0 aromatic carbocycles. The van der Waals surface area contributed by atoms with E-state index < -0.39 is 0 Å². The predicted molar refractivity (Wildman–Crippen MR) is 48.8 cm³/mol. The van der Waals surface area contributed by atoms with Crippen LogP contribution in [0, 0.1) is 11.3 Å². The Bertz CT molecular complexity index is 228. The van der Waals surface area contributed by atoms with Crippen molar-refractivity contribution in [2.75, 3.05) is 7.05 Å². The van der Waals surface area contributed by atoms with E-state index in [-0.39, 0.29) is 0 Å². The lowest BCUT2D eigenvalue weighted by molar-refractivity contribution is -0.0580. The molecule has 3 aliphatic rings. The third-order valence-electron chi connectivity index (χ3n) is 4.89. The van der Waals surface area contributed by atoms with Crippen molar-refractivity contribution >= 4 is 0 Å². The number of likely N-dealkylation sites (tertiary alicyclic amines) is 1. The van der Waals surface area contributed by atoms with Crippen LogP contribution < -0.4 is 5.73 Å². The Balaban J connectivity index is 1.99. The normalized spacial score (nSPS) is 63.2. The van der Waals surface area contributed by atoms with Crippen LogP contribution in [-0.2, 0) is 0 Å². The molecule has 1 saturated heterocycles. The van der Waals surface area contributed by atoms with Crippen LogP contribution in [0.1, 0.15) is 26.2 Å². The number of fused-ring (bicyclic) bond motifs is 1. The van der Waals surface area contributed by atoms with E-state index in [2.05, 4.69) is 18.9 Å². The number of piperidine rings is 1. The van der Waals surface area contributed by atoms with E-state index in [0.29, 0.717) is 11.5 Å². The molecule has 0 radical (unpaired) electrons. The van der Waals surface area contributed by atoms with Crippen molar-refractivity contribution in [1.82, 2.24) is 4.90 Å². The standard InChI is InChI=1S/C10H18N2/c1-6-8(11)10-4-3-7(5-10)12(2)9(6)10/h6-9H,3-5,11H2,1-2H3/t6-,7-,8?,9-,10?/m1/s1. The van der Waals surface area contributed by atoms with Gasteiger partial charge in [-0.05, 0) is 32.2 Å². The first-order chi connectivity index (χ1) is 5.67. The fourth-order valence-electron chi connectivity index (χ4n) is 4.32. The van der Waals surface area contributed by atoms with Gasteiger partial charge in [-0.1, -0.05) is 6.92 Å². The third kappa shape index (κ3) is 0.521. The van der Waals surface area contributed by atoms with Crippen LogP contribution in [0.25, 0.3) is 0 Å². The molecule has 0 aromatic rings. The van der Waals surface area contributed by atoms with Crippen molar-refractivity contribution in [3.8, 4) is 0 Å². The van der Waals surface area contributed by atoms with Gasteiger partial charge in [0.1, 0.15) is 0 Å². The molecule has 1 spiro atoms. The summed E-state index contributed by atoms with van der Waals surface area (Å²) in [5.41, 5.74) is 6.77. The minimum Gasteiger partial charge on any atom is -0.327 e. The Kier molecular flexibility index (Phi) is 1.15. The third-order valence-corrected chi connectivity index (χ3v) is 4.89. The summed E-state index contributed by atoms with van der Waals surface area (Å²) in [5, 5.41) is 0. The fraction of sp³-hybridized carbons (Fsp3) is 1.00. The highest BCUT2D eigenvalue weighted by atomic mass is 15.3. The maximum absolute atomic E-state index is 6.21. The topological polar surface area (TPSA) is 29.3 Å². The van der Waals surface area contributed by atoms with E-state index in [0.717, 1.165) is 18.0 Å². The number of hydrogen-bond acceptors (Lipinski definition) is 2. The van der Waals surface area contributed by atoms with Crippen LogP contribution in [-0.4, -0.2) is 30.1 Å². The lowest BCUT2D eigenvalue weighted by atomic mass is 9.54. The summed E-state index contributed by atoms with van der Waals surface area (Å²) < 4.78 is 0. The zero-order chi connectivity index (χ0) is 8.51. The maximum Gasteiger partial charge on any atom is 0.0208 e. The Morgan fingerprint density at radius 1 is 1.50 bits per heavy atom. The largest absolute Gasteiger partial charge is 0.327 e. The van der Waals surface area contributed by atoms with Crippen molar-refractivity contribution in [2.45, 2.75) is 44.3 Å². The number of rotatable bonds is 0. The van der Waals surface area contributed by atoms with Crippen LogP contribution >= 0.6 is 0 Å². The molecular weight excluding hydrogens is 148 g/mol. The molecule has 0 aromatic heterocycles. The summed E-state index contributed by atoms with van der Waals surface area (Å²) in [6.07, 6.45) is 4.19. The molecule has 2 aliphatic carbocycles.